The van der Waals surface area contributed by atoms with Crippen LogP contribution in [-0.4, -0.2) is 22.9 Å². The minimum Gasteiger partial charge on any atom is -0.334 e. The Hall–Kier alpha value is -1.33. The molecule has 0 aliphatic rings. The largest absolute Gasteiger partial charge is 0.334 e. The molecule has 0 aliphatic carbocycles. The summed E-state index contributed by atoms with van der Waals surface area (Å²) in [6, 6.07) is 8.04. The maximum absolute atomic E-state index is 5.57. The van der Waals surface area contributed by atoms with E-state index in [0.29, 0.717) is 18.3 Å². The molecule has 0 aliphatic heterocycles. The van der Waals surface area contributed by atoms with Gasteiger partial charge in [0.25, 0.3) is 5.89 Å². The standard InChI is InChI=1S/C12H15N3OS/c1-8(7-13)11-14-12(16-15-11)9-3-5-10(17-2)6-4-9/h3-6,8H,7,13H2,1-2H3. The Kier molecular flexibility index (Phi) is 3.81. The third-order valence-corrected chi connectivity index (χ3v) is 3.32. The third-order valence-electron chi connectivity index (χ3n) is 2.57. The molecule has 4 nitrogen and oxygen atoms in total. The number of thioether (sulfide) groups is 1. The summed E-state index contributed by atoms with van der Waals surface area (Å²) in [4.78, 5) is 5.55. The molecule has 0 saturated heterocycles. The van der Waals surface area contributed by atoms with E-state index >= 15 is 0 Å². The molecule has 2 aromatic rings. The summed E-state index contributed by atoms with van der Waals surface area (Å²) >= 11 is 1.70. The topological polar surface area (TPSA) is 64.9 Å². The highest BCUT2D eigenvalue weighted by molar-refractivity contribution is 7.98. The van der Waals surface area contributed by atoms with E-state index in [9.17, 15) is 0 Å². The normalized spacial score (nSPS) is 12.6. The molecule has 0 radical (unpaired) electrons. The van der Waals surface area contributed by atoms with E-state index < -0.39 is 0 Å². The second kappa shape index (κ2) is 5.33. The lowest BCUT2D eigenvalue weighted by Crippen LogP contribution is -2.10. The van der Waals surface area contributed by atoms with Gasteiger partial charge in [-0.1, -0.05) is 12.1 Å². The number of nitrogens with zero attached hydrogens (tertiary/aromatic N) is 2. The highest BCUT2D eigenvalue weighted by Crippen LogP contribution is 2.22. The van der Waals surface area contributed by atoms with Crippen LogP contribution in [0.3, 0.4) is 0 Å². The molecule has 0 fully saturated rings. The lowest BCUT2D eigenvalue weighted by Gasteiger charge is -1.99. The number of nitrogens with two attached hydrogens (primary N) is 1. The van der Waals surface area contributed by atoms with Crippen molar-refractivity contribution in [3.8, 4) is 11.5 Å². The Morgan fingerprint density at radius 1 is 1.35 bits per heavy atom. The zero-order chi connectivity index (χ0) is 12.3. The van der Waals surface area contributed by atoms with E-state index in [1.165, 1.54) is 4.90 Å². The second-order valence-corrected chi connectivity index (χ2v) is 4.70. The van der Waals surface area contributed by atoms with Crippen molar-refractivity contribution in [3.63, 3.8) is 0 Å². The first-order valence-electron chi connectivity index (χ1n) is 5.42. The van der Waals surface area contributed by atoms with E-state index in [2.05, 4.69) is 10.1 Å². The Morgan fingerprint density at radius 2 is 2.06 bits per heavy atom. The average Bonchev–Trinajstić information content (AvgIpc) is 2.87. The number of hydrogen-bond donors (Lipinski definition) is 1. The molecule has 2 rings (SSSR count). The number of rotatable bonds is 4. The van der Waals surface area contributed by atoms with Gasteiger partial charge in [0.15, 0.2) is 5.82 Å². The van der Waals surface area contributed by atoms with Gasteiger partial charge in [-0.3, -0.25) is 0 Å². The molecular weight excluding hydrogens is 234 g/mol. The van der Waals surface area contributed by atoms with Gasteiger partial charge in [0.1, 0.15) is 0 Å². The minimum absolute atomic E-state index is 0.123. The van der Waals surface area contributed by atoms with Crippen molar-refractivity contribution in [1.29, 1.82) is 0 Å². The summed E-state index contributed by atoms with van der Waals surface area (Å²) in [5.74, 6) is 1.34. The molecule has 90 valence electrons. The number of benzene rings is 1. The lowest BCUT2D eigenvalue weighted by molar-refractivity contribution is 0.418. The predicted molar refractivity (Wildman–Crippen MR) is 69.0 cm³/mol. The molecular formula is C12H15N3OS. The van der Waals surface area contributed by atoms with Crippen LogP contribution in [0, 0.1) is 0 Å². The van der Waals surface area contributed by atoms with Gasteiger partial charge in [-0.05, 0) is 30.5 Å². The molecule has 0 amide bonds. The first-order chi connectivity index (χ1) is 8.24. The first kappa shape index (κ1) is 12.1. The van der Waals surface area contributed by atoms with E-state index in [0.717, 1.165) is 5.56 Å². The fraction of sp³-hybridized carbons (Fsp3) is 0.333. The number of hydrogen-bond acceptors (Lipinski definition) is 5. The molecule has 5 heteroatoms. The maximum atomic E-state index is 5.57. The molecule has 1 aromatic heterocycles. The van der Waals surface area contributed by atoms with Crippen molar-refractivity contribution >= 4 is 11.8 Å². The number of aromatic nitrogens is 2. The van der Waals surface area contributed by atoms with E-state index in [1.54, 1.807) is 11.8 Å². The molecule has 2 N–H and O–H groups in total. The molecule has 17 heavy (non-hydrogen) atoms. The fourth-order valence-corrected chi connectivity index (χ4v) is 1.80. The quantitative estimate of drug-likeness (QED) is 0.843. The molecule has 1 unspecified atom stereocenters. The monoisotopic (exact) mass is 249 g/mol. The maximum Gasteiger partial charge on any atom is 0.257 e. The highest BCUT2D eigenvalue weighted by atomic mass is 32.2. The Labute approximate surface area is 105 Å². The van der Waals surface area contributed by atoms with Crippen molar-refractivity contribution in [3.05, 3.63) is 30.1 Å². The van der Waals surface area contributed by atoms with Gasteiger partial charge in [-0.2, -0.15) is 4.98 Å². The molecule has 0 saturated carbocycles. The zero-order valence-electron chi connectivity index (χ0n) is 9.88. The van der Waals surface area contributed by atoms with Crippen molar-refractivity contribution in [2.45, 2.75) is 17.7 Å². The van der Waals surface area contributed by atoms with Gasteiger partial charge in [0.05, 0.1) is 0 Å². The van der Waals surface area contributed by atoms with E-state index in [4.69, 9.17) is 10.3 Å². The molecule has 1 atom stereocenters. The van der Waals surface area contributed by atoms with Gasteiger partial charge in [0, 0.05) is 22.9 Å². The summed E-state index contributed by atoms with van der Waals surface area (Å²) in [7, 11) is 0. The van der Waals surface area contributed by atoms with Gasteiger partial charge < -0.3 is 10.3 Å². The summed E-state index contributed by atoms with van der Waals surface area (Å²) in [5.41, 5.74) is 6.50. The molecule has 0 spiro atoms. The molecule has 1 heterocycles. The van der Waals surface area contributed by atoms with Gasteiger partial charge in [-0.25, -0.2) is 0 Å². The van der Waals surface area contributed by atoms with Crippen molar-refractivity contribution in [2.75, 3.05) is 12.8 Å². The lowest BCUT2D eigenvalue weighted by atomic mass is 10.2. The zero-order valence-corrected chi connectivity index (χ0v) is 10.7. The van der Waals surface area contributed by atoms with Crippen LogP contribution in [0.4, 0.5) is 0 Å². The summed E-state index contributed by atoms with van der Waals surface area (Å²) < 4.78 is 5.22. The van der Waals surface area contributed by atoms with Gasteiger partial charge in [-0.15, -0.1) is 11.8 Å². The predicted octanol–water partition coefficient (Wildman–Crippen LogP) is 2.52. The Balaban J connectivity index is 2.24. The van der Waals surface area contributed by atoms with Crippen LogP contribution in [0.5, 0.6) is 0 Å². The van der Waals surface area contributed by atoms with E-state index in [1.807, 2.05) is 37.4 Å². The Morgan fingerprint density at radius 3 is 2.65 bits per heavy atom. The summed E-state index contributed by atoms with van der Waals surface area (Å²) in [6.45, 7) is 2.50. The first-order valence-corrected chi connectivity index (χ1v) is 6.65. The van der Waals surface area contributed by atoms with Crippen molar-refractivity contribution < 1.29 is 4.52 Å². The highest BCUT2D eigenvalue weighted by Gasteiger charge is 2.13. The van der Waals surface area contributed by atoms with Crippen LogP contribution < -0.4 is 5.73 Å². The van der Waals surface area contributed by atoms with Crippen LogP contribution >= 0.6 is 11.8 Å². The third kappa shape index (κ3) is 2.68. The Bertz CT molecular complexity index is 481. The average molecular weight is 249 g/mol. The van der Waals surface area contributed by atoms with Crippen LogP contribution in [0.25, 0.3) is 11.5 Å². The van der Waals surface area contributed by atoms with Crippen LogP contribution in [0.1, 0.15) is 18.7 Å². The fourth-order valence-electron chi connectivity index (χ4n) is 1.39. The smallest absolute Gasteiger partial charge is 0.257 e. The minimum atomic E-state index is 0.123. The van der Waals surface area contributed by atoms with Crippen LogP contribution in [0.15, 0.2) is 33.7 Å². The van der Waals surface area contributed by atoms with Crippen molar-refractivity contribution in [2.24, 2.45) is 5.73 Å². The summed E-state index contributed by atoms with van der Waals surface area (Å²) in [5, 5.41) is 3.93. The van der Waals surface area contributed by atoms with Gasteiger partial charge in [0.2, 0.25) is 0 Å². The van der Waals surface area contributed by atoms with Gasteiger partial charge >= 0.3 is 0 Å². The molecule has 0 bridgehead atoms. The summed E-state index contributed by atoms with van der Waals surface area (Å²) in [6.07, 6.45) is 2.04. The van der Waals surface area contributed by atoms with Crippen LogP contribution in [-0.2, 0) is 0 Å². The SMILES string of the molecule is CSc1ccc(-c2nc(C(C)CN)no2)cc1. The van der Waals surface area contributed by atoms with Crippen LogP contribution in [0.2, 0.25) is 0 Å². The second-order valence-electron chi connectivity index (χ2n) is 3.82. The van der Waals surface area contributed by atoms with Crippen molar-refractivity contribution in [1.82, 2.24) is 10.1 Å². The molecule has 1 aromatic carbocycles. The van der Waals surface area contributed by atoms with E-state index in [-0.39, 0.29) is 5.92 Å².